The van der Waals surface area contributed by atoms with Crippen LogP contribution >= 0.6 is 0 Å². The van der Waals surface area contributed by atoms with Crippen molar-refractivity contribution in [3.8, 4) is 0 Å². The fraction of sp³-hybridized carbons (Fsp3) is 0.375. The van der Waals surface area contributed by atoms with Gasteiger partial charge in [-0.3, -0.25) is 4.79 Å². The first-order chi connectivity index (χ1) is 15.6. The molecule has 0 amide bonds. The Balaban J connectivity index is 1.82. The maximum Gasteiger partial charge on any atom is 0.416 e. The van der Waals surface area contributed by atoms with Gasteiger partial charge in [0.2, 0.25) is 0 Å². The van der Waals surface area contributed by atoms with Crippen molar-refractivity contribution in [3.05, 3.63) is 68.6 Å². The molecule has 1 aliphatic heterocycles. The fourth-order valence-electron chi connectivity index (χ4n) is 4.29. The SMILES string of the molecule is CC1=C(c2cc3c(N[C@H](C)c4cccc(C(F)(F)F)c4)nnc(C)c3n(C)c2=O)CNCC1. The quantitative estimate of drug-likeness (QED) is 0.599. The molecule has 1 aliphatic rings. The summed E-state index contributed by atoms with van der Waals surface area (Å²) in [5.41, 5.74) is 3.61. The Morgan fingerprint density at radius 1 is 1.18 bits per heavy atom. The zero-order valence-electron chi connectivity index (χ0n) is 19.0. The van der Waals surface area contributed by atoms with Crippen molar-refractivity contribution in [2.45, 2.75) is 39.4 Å². The molecule has 2 N–H and O–H groups in total. The monoisotopic (exact) mass is 457 g/mol. The molecule has 0 saturated carbocycles. The molecule has 0 fully saturated rings. The topological polar surface area (TPSA) is 71.8 Å². The van der Waals surface area contributed by atoms with Gasteiger partial charge in [-0.15, -0.1) is 5.10 Å². The molecule has 174 valence electrons. The predicted molar refractivity (Wildman–Crippen MR) is 123 cm³/mol. The first-order valence-electron chi connectivity index (χ1n) is 10.8. The zero-order valence-corrected chi connectivity index (χ0v) is 19.0. The molecule has 2 aromatic heterocycles. The Morgan fingerprint density at radius 3 is 2.64 bits per heavy atom. The number of hydrogen-bond donors (Lipinski definition) is 2. The number of anilines is 1. The van der Waals surface area contributed by atoms with Crippen molar-refractivity contribution in [2.75, 3.05) is 18.4 Å². The summed E-state index contributed by atoms with van der Waals surface area (Å²) < 4.78 is 41.1. The summed E-state index contributed by atoms with van der Waals surface area (Å²) in [4.78, 5) is 13.2. The Bertz CT molecular complexity index is 1310. The third-order valence-electron chi connectivity index (χ3n) is 6.20. The molecule has 0 saturated heterocycles. The lowest BCUT2D eigenvalue weighted by Gasteiger charge is -2.22. The minimum atomic E-state index is -4.42. The van der Waals surface area contributed by atoms with E-state index in [1.807, 2.05) is 13.0 Å². The smallest absolute Gasteiger partial charge is 0.361 e. The van der Waals surface area contributed by atoms with Crippen molar-refractivity contribution in [1.82, 2.24) is 20.1 Å². The van der Waals surface area contributed by atoms with Crippen molar-refractivity contribution in [3.63, 3.8) is 0 Å². The summed E-state index contributed by atoms with van der Waals surface area (Å²) in [7, 11) is 1.70. The van der Waals surface area contributed by atoms with Crippen molar-refractivity contribution < 1.29 is 13.2 Å². The first-order valence-corrected chi connectivity index (χ1v) is 10.8. The van der Waals surface area contributed by atoms with Crippen molar-refractivity contribution in [2.24, 2.45) is 7.05 Å². The highest BCUT2D eigenvalue weighted by Crippen LogP contribution is 2.32. The number of pyridine rings is 1. The Morgan fingerprint density at radius 2 is 1.94 bits per heavy atom. The van der Waals surface area contributed by atoms with Crippen LogP contribution in [0, 0.1) is 6.92 Å². The van der Waals surface area contributed by atoms with Gasteiger partial charge < -0.3 is 15.2 Å². The van der Waals surface area contributed by atoms with Crippen LogP contribution in [0.15, 0.2) is 40.7 Å². The second-order valence-electron chi connectivity index (χ2n) is 8.49. The van der Waals surface area contributed by atoms with E-state index in [9.17, 15) is 18.0 Å². The molecule has 0 spiro atoms. The molecule has 1 atom stereocenters. The number of nitrogens with one attached hydrogen (secondary N) is 2. The molecule has 1 aromatic carbocycles. The van der Waals surface area contributed by atoms with Gasteiger partial charge >= 0.3 is 6.18 Å². The van der Waals surface area contributed by atoms with Crippen LogP contribution in [0.2, 0.25) is 0 Å². The van der Waals surface area contributed by atoms with E-state index in [-0.39, 0.29) is 5.56 Å². The van der Waals surface area contributed by atoms with Crippen LogP contribution in [0.1, 0.15) is 48.7 Å². The lowest BCUT2D eigenvalue weighted by Crippen LogP contribution is -2.29. The number of rotatable bonds is 4. The highest BCUT2D eigenvalue weighted by atomic mass is 19.4. The molecular formula is C24H26F3N5O. The Labute approximate surface area is 189 Å². The predicted octanol–water partition coefficient (Wildman–Crippen LogP) is 4.60. The van der Waals surface area contributed by atoms with Gasteiger partial charge in [-0.2, -0.15) is 18.3 Å². The number of alkyl halides is 3. The van der Waals surface area contributed by atoms with Crippen LogP contribution in [0.25, 0.3) is 16.5 Å². The number of benzene rings is 1. The largest absolute Gasteiger partial charge is 0.416 e. The van der Waals surface area contributed by atoms with Gasteiger partial charge in [0.1, 0.15) is 0 Å². The second kappa shape index (κ2) is 8.62. The molecule has 4 rings (SSSR count). The van der Waals surface area contributed by atoms with E-state index in [1.54, 1.807) is 31.5 Å². The molecule has 3 aromatic rings. The van der Waals surface area contributed by atoms with Crippen LogP contribution in [0.4, 0.5) is 19.0 Å². The lowest BCUT2D eigenvalue weighted by molar-refractivity contribution is -0.137. The number of halogens is 3. The van der Waals surface area contributed by atoms with Crippen LogP contribution in [0.3, 0.4) is 0 Å². The number of hydrogen-bond acceptors (Lipinski definition) is 5. The summed E-state index contributed by atoms with van der Waals surface area (Å²) >= 11 is 0. The van der Waals surface area contributed by atoms with Gasteiger partial charge in [-0.1, -0.05) is 17.7 Å². The molecule has 33 heavy (non-hydrogen) atoms. The van der Waals surface area contributed by atoms with Crippen LogP contribution in [-0.2, 0) is 13.2 Å². The second-order valence-corrected chi connectivity index (χ2v) is 8.49. The first kappa shape index (κ1) is 23.0. The molecule has 0 bridgehead atoms. The maximum absolute atomic E-state index is 13.2. The zero-order chi connectivity index (χ0) is 23.9. The van der Waals surface area contributed by atoms with Crippen LogP contribution in [0.5, 0.6) is 0 Å². The molecule has 0 radical (unpaired) electrons. The van der Waals surface area contributed by atoms with E-state index >= 15 is 0 Å². The molecule has 9 heteroatoms. The number of aromatic nitrogens is 3. The van der Waals surface area contributed by atoms with Gasteiger partial charge in [-0.25, -0.2) is 0 Å². The average molecular weight is 458 g/mol. The highest BCUT2D eigenvalue weighted by Gasteiger charge is 2.30. The van der Waals surface area contributed by atoms with E-state index in [2.05, 4.69) is 20.8 Å². The third-order valence-corrected chi connectivity index (χ3v) is 6.20. The van der Waals surface area contributed by atoms with Crippen LogP contribution in [-0.4, -0.2) is 27.9 Å². The number of aryl methyl sites for hydroxylation is 2. The standard InChI is InChI=1S/C24H26F3N5O/c1-13-8-9-28-12-20(13)18-11-19-21(32(4)23(18)33)15(3)30-31-22(19)29-14(2)16-6-5-7-17(10-16)24(25,26)27/h5-7,10-11,14,28H,8-9,12H2,1-4H3,(H,29,31)/t14-/m1/s1. The number of nitrogens with zero attached hydrogens (tertiary/aromatic N) is 3. The minimum absolute atomic E-state index is 0.117. The van der Waals surface area contributed by atoms with Gasteiger partial charge in [0.25, 0.3) is 5.56 Å². The van der Waals surface area contributed by atoms with E-state index < -0.39 is 17.8 Å². The summed E-state index contributed by atoms with van der Waals surface area (Å²) in [5.74, 6) is 0.416. The Kier molecular flexibility index (Phi) is 6.00. The molecule has 3 heterocycles. The van der Waals surface area contributed by atoms with E-state index in [0.29, 0.717) is 40.1 Å². The minimum Gasteiger partial charge on any atom is -0.361 e. The van der Waals surface area contributed by atoms with Gasteiger partial charge in [0.15, 0.2) is 5.82 Å². The van der Waals surface area contributed by atoms with E-state index in [0.717, 1.165) is 36.2 Å². The van der Waals surface area contributed by atoms with Gasteiger partial charge in [-0.05, 0) is 63.1 Å². The van der Waals surface area contributed by atoms with E-state index in [4.69, 9.17) is 0 Å². The summed E-state index contributed by atoms with van der Waals surface area (Å²) in [6.45, 7) is 7.05. The third kappa shape index (κ3) is 4.37. The van der Waals surface area contributed by atoms with Gasteiger partial charge in [0, 0.05) is 24.5 Å². The highest BCUT2D eigenvalue weighted by molar-refractivity contribution is 5.93. The summed E-state index contributed by atoms with van der Waals surface area (Å²) in [6.07, 6.45) is -3.55. The maximum atomic E-state index is 13.2. The Hall–Kier alpha value is -3.20. The van der Waals surface area contributed by atoms with Crippen LogP contribution < -0.4 is 16.2 Å². The molecule has 0 aliphatic carbocycles. The number of fused-ring (bicyclic) bond motifs is 1. The summed E-state index contributed by atoms with van der Waals surface area (Å²) in [6, 6.07) is 6.57. The van der Waals surface area contributed by atoms with Gasteiger partial charge in [0.05, 0.1) is 22.8 Å². The molecule has 0 unspecified atom stereocenters. The molecule has 6 nitrogen and oxygen atoms in total. The average Bonchev–Trinajstić information content (AvgIpc) is 2.77. The molecular weight excluding hydrogens is 431 g/mol. The van der Waals surface area contributed by atoms with E-state index in [1.165, 1.54) is 6.07 Å². The summed E-state index contributed by atoms with van der Waals surface area (Å²) in [5, 5.41) is 15.7. The van der Waals surface area contributed by atoms with Crippen molar-refractivity contribution >= 4 is 22.3 Å². The lowest BCUT2D eigenvalue weighted by atomic mass is 9.96. The van der Waals surface area contributed by atoms with Crippen molar-refractivity contribution in [1.29, 1.82) is 0 Å². The normalized spacial score (nSPS) is 15.7. The fourth-order valence-corrected chi connectivity index (χ4v) is 4.29.